The second-order valence-electron chi connectivity index (χ2n) is 11.6. The molecule has 3 aromatic carbocycles. The fraction of sp³-hybridized carbons (Fsp3) is 0.394. The monoisotopic (exact) mass is 661 g/mol. The van der Waals surface area contributed by atoms with Crippen molar-refractivity contribution in [3.63, 3.8) is 0 Å². The van der Waals surface area contributed by atoms with Gasteiger partial charge in [0.15, 0.2) is 0 Å². The summed E-state index contributed by atoms with van der Waals surface area (Å²) in [4.78, 5) is 29.3. The van der Waals surface area contributed by atoms with E-state index < -0.39 is 21.6 Å². The molecular formula is C33H41Cl2N3O5S. The maximum atomic E-state index is 14.0. The second kappa shape index (κ2) is 15.6. The highest BCUT2D eigenvalue weighted by atomic mass is 35.5. The fourth-order valence-corrected chi connectivity index (χ4v) is 6.01. The fourth-order valence-electron chi connectivity index (χ4n) is 4.72. The summed E-state index contributed by atoms with van der Waals surface area (Å²) >= 11 is 12.4. The summed E-state index contributed by atoms with van der Waals surface area (Å²) < 4.78 is 32.2. The van der Waals surface area contributed by atoms with E-state index in [9.17, 15) is 18.0 Å². The lowest BCUT2D eigenvalue weighted by molar-refractivity contribution is -0.142. The van der Waals surface area contributed by atoms with Gasteiger partial charge in [-0.25, -0.2) is 8.42 Å². The van der Waals surface area contributed by atoms with Crippen molar-refractivity contribution < 1.29 is 22.7 Å². The van der Waals surface area contributed by atoms with Gasteiger partial charge in [-0.2, -0.15) is 0 Å². The van der Waals surface area contributed by atoms with Crippen molar-refractivity contribution in [2.24, 2.45) is 0 Å². The summed E-state index contributed by atoms with van der Waals surface area (Å²) in [5, 5.41) is 3.76. The quantitative estimate of drug-likeness (QED) is 0.213. The van der Waals surface area contributed by atoms with Gasteiger partial charge in [0.1, 0.15) is 11.8 Å². The first kappa shape index (κ1) is 35.2. The van der Waals surface area contributed by atoms with Gasteiger partial charge in [0.25, 0.3) is 0 Å². The molecule has 238 valence electrons. The molecule has 0 radical (unpaired) electrons. The van der Waals surface area contributed by atoms with E-state index >= 15 is 0 Å². The number of carbonyl (C=O) groups is 2. The van der Waals surface area contributed by atoms with Crippen LogP contribution < -0.4 is 14.4 Å². The molecule has 1 atom stereocenters. The highest BCUT2D eigenvalue weighted by molar-refractivity contribution is 7.92. The largest absolute Gasteiger partial charge is 0.494 e. The van der Waals surface area contributed by atoms with E-state index in [0.717, 1.165) is 11.8 Å². The van der Waals surface area contributed by atoms with E-state index in [-0.39, 0.29) is 44.2 Å². The topological polar surface area (TPSA) is 96.0 Å². The van der Waals surface area contributed by atoms with Crippen molar-refractivity contribution in [3.05, 3.63) is 94.0 Å². The third-order valence-electron chi connectivity index (χ3n) is 6.69. The Morgan fingerprint density at radius 3 is 2.16 bits per heavy atom. The number of nitrogens with zero attached hydrogens (tertiary/aromatic N) is 2. The summed E-state index contributed by atoms with van der Waals surface area (Å²) in [5.74, 6) is 0.0546. The van der Waals surface area contributed by atoms with Gasteiger partial charge in [-0.1, -0.05) is 59.6 Å². The number of carbonyl (C=O) groups excluding carboxylic acids is 2. The molecule has 0 heterocycles. The van der Waals surface area contributed by atoms with Gasteiger partial charge >= 0.3 is 0 Å². The standard InChI is InChI=1S/C33H41Cl2N3O5S/c1-6-43-27-17-15-26(16-18-27)38(44(5,41)42)20-10-13-31(39)37(23-25-14-19-28(34)29(35)21-25)30(32(40)36-33(2,3)4)22-24-11-8-7-9-12-24/h7-9,11-12,14-19,21,30H,6,10,13,20,22-23H2,1-5H3,(H,36,40)/t30-/m1/s1. The molecule has 2 amide bonds. The zero-order valence-corrected chi connectivity index (χ0v) is 28.2. The molecule has 0 fully saturated rings. The first-order chi connectivity index (χ1) is 20.7. The number of ether oxygens (including phenoxy) is 1. The van der Waals surface area contributed by atoms with Gasteiger partial charge in [-0.05, 0) is 81.6 Å². The Hall–Kier alpha value is -3.27. The van der Waals surface area contributed by atoms with Crippen LogP contribution in [0.5, 0.6) is 5.75 Å². The molecule has 0 aliphatic heterocycles. The Morgan fingerprint density at radius 2 is 1.59 bits per heavy atom. The zero-order chi connectivity index (χ0) is 32.5. The molecular weight excluding hydrogens is 621 g/mol. The highest BCUT2D eigenvalue weighted by Crippen LogP contribution is 2.26. The first-order valence-corrected chi connectivity index (χ1v) is 17.1. The molecule has 3 rings (SSSR count). The molecule has 3 aromatic rings. The predicted octanol–water partition coefficient (Wildman–Crippen LogP) is 6.49. The van der Waals surface area contributed by atoms with Crippen molar-refractivity contribution in [1.82, 2.24) is 10.2 Å². The Kier molecular flexibility index (Phi) is 12.5. The van der Waals surface area contributed by atoms with E-state index in [0.29, 0.717) is 33.7 Å². The molecule has 0 aliphatic carbocycles. The van der Waals surface area contributed by atoms with Crippen LogP contribution >= 0.6 is 23.2 Å². The summed E-state index contributed by atoms with van der Waals surface area (Å²) in [6.45, 7) is 8.21. The van der Waals surface area contributed by atoms with E-state index in [2.05, 4.69) is 5.32 Å². The van der Waals surface area contributed by atoms with Gasteiger partial charge in [0, 0.05) is 31.5 Å². The highest BCUT2D eigenvalue weighted by Gasteiger charge is 2.32. The number of amides is 2. The zero-order valence-electron chi connectivity index (χ0n) is 25.8. The summed E-state index contributed by atoms with van der Waals surface area (Å²) in [7, 11) is -3.63. The van der Waals surface area contributed by atoms with E-state index in [1.165, 1.54) is 4.31 Å². The maximum Gasteiger partial charge on any atom is 0.243 e. The minimum atomic E-state index is -3.63. The molecule has 0 aromatic heterocycles. The smallest absolute Gasteiger partial charge is 0.243 e. The molecule has 0 saturated carbocycles. The first-order valence-electron chi connectivity index (χ1n) is 14.5. The maximum absolute atomic E-state index is 14.0. The number of anilines is 1. The number of hydrogen-bond donors (Lipinski definition) is 1. The van der Waals surface area contributed by atoms with Gasteiger partial charge < -0.3 is 15.0 Å². The van der Waals surface area contributed by atoms with E-state index in [4.69, 9.17) is 27.9 Å². The SMILES string of the molecule is CCOc1ccc(N(CCCC(=O)N(Cc2ccc(Cl)c(Cl)c2)[C@H](Cc2ccccc2)C(=O)NC(C)(C)C)S(C)(=O)=O)cc1. The molecule has 0 bridgehead atoms. The predicted molar refractivity (Wildman–Crippen MR) is 178 cm³/mol. The summed E-state index contributed by atoms with van der Waals surface area (Å²) in [6.07, 6.45) is 1.67. The van der Waals surface area contributed by atoms with Crippen LogP contribution in [0.25, 0.3) is 0 Å². The summed E-state index contributed by atoms with van der Waals surface area (Å²) in [6, 6.07) is 20.6. The van der Waals surface area contributed by atoms with Crippen molar-refractivity contribution >= 4 is 50.7 Å². The van der Waals surface area contributed by atoms with Crippen LogP contribution in [0.1, 0.15) is 51.7 Å². The Bertz CT molecular complexity index is 1510. The lowest BCUT2D eigenvalue weighted by Gasteiger charge is -2.34. The average Bonchev–Trinajstić information content (AvgIpc) is 2.94. The van der Waals surface area contributed by atoms with Crippen molar-refractivity contribution in [1.29, 1.82) is 0 Å². The van der Waals surface area contributed by atoms with Crippen LogP contribution in [-0.4, -0.2) is 56.1 Å². The lowest BCUT2D eigenvalue weighted by Crippen LogP contribution is -2.54. The lowest BCUT2D eigenvalue weighted by atomic mass is 10.00. The molecule has 11 heteroatoms. The number of hydrogen-bond acceptors (Lipinski definition) is 5. The normalized spacial score (nSPS) is 12.3. The Morgan fingerprint density at radius 1 is 0.932 bits per heavy atom. The molecule has 0 aliphatic rings. The minimum Gasteiger partial charge on any atom is -0.494 e. The third-order valence-corrected chi connectivity index (χ3v) is 8.63. The minimum absolute atomic E-state index is 0.0124. The number of benzene rings is 3. The molecule has 8 nitrogen and oxygen atoms in total. The van der Waals surface area contributed by atoms with Crippen molar-refractivity contribution in [2.45, 2.75) is 65.1 Å². The molecule has 0 saturated heterocycles. The Labute approximate surface area is 271 Å². The van der Waals surface area contributed by atoms with Crippen LogP contribution in [0.3, 0.4) is 0 Å². The van der Waals surface area contributed by atoms with Crippen LogP contribution in [0.15, 0.2) is 72.8 Å². The Balaban J connectivity index is 1.90. The molecule has 1 N–H and O–H groups in total. The van der Waals surface area contributed by atoms with Crippen molar-refractivity contribution in [3.8, 4) is 5.75 Å². The molecule has 44 heavy (non-hydrogen) atoms. The van der Waals surface area contributed by atoms with Crippen LogP contribution in [0, 0.1) is 0 Å². The number of halogens is 2. The van der Waals surface area contributed by atoms with Gasteiger partial charge in [-0.3, -0.25) is 13.9 Å². The van der Waals surface area contributed by atoms with Crippen LogP contribution in [0.2, 0.25) is 10.0 Å². The van der Waals surface area contributed by atoms with Crippen molar-refractivity contribution in [2.75, 3.05) is 23.7 Å². The van der Waals surface area contributed by atoms with E-state index in [1.54, 1.807) is 47.4 Å². The third kappa shape index (κ3) is 10.7. The van der Waals surface area contributed by atoms with Gasteiger partial charge in [0.2, 0.25) is 21.8 Å². The van der Waals surface area contributed by atoms with Gasteiger partial charge in [-0.15, -0.1) is 0 Å². The van der Waals surface area contributed by atoms with Crippen LogP contribution in [-0.2, 0) is 32.6 Å². The second-order valence-corrected chi connectivity index (χ2v) is 14.3. The summed E-state index contributed by atoms with van der Waals surface area (Å²) in [5.41, 5.74) is 1.55. The molecule has 0 unspecified atom stereocenters. The number of rotatable bonds is 14. The number of nitrogens with one attached hydrogen (secondary N) is 1. The van der Waals surface area contributed by atoms with E-state index in [1.807, 2.05) is 58.0 Å². The molecule has 0 spiro atoms. The van der Waals surface area contributed by atoms with Gasteiger partial charge in [0.05, 0.1) is 28.6 Å². The number of sulfonamides is 1. The average molecular weight is 663 g/mol. The van der Waals surface area contributed by atoms with Crippen LogP contribution in [0.4, 0.5) is 5.69 Å².